The molecule has 1 aliphatic heterocycles. The maximum Gasteiger partial charge on any atom is 0.248 e. The van der Waals surface area contributed by atoms with Gasteiger partial charge in [-0.15, -0.1) is 0 Å². The number of carbonyl (C=O) groups excluding carboxylic acids is 1. The predicted molar refractivity (Wildman–Crippen MR) is 94.0 cm³/mol. The van der Waals surface area contributed by atoms with E-state index in [0.717, 1.165) is 11.4 Å². The highest BCUT2D eigenvalue weighted by Gasteiger charge is 2.31. The fourth-order valence-corrected chi connectivity index (χ4v) is 2.90. The summed E-state index contributed by atoms with van der Waals surface area (Å²) in [5.41, 5.74) is 1.46. The second-order valence-electron chi connectivity index (χ2n) is 5.71. The molecule has 1 unspecified atom stereocenters. The molecule has 8 nitrogen and oxygen atoms in total. The van der Waals surface area contributed by atoms with Crippen molar-refractivity contribution in [3.8, 4) is 17.3 Å². The quantitative estimate of drug-likeness (QED) is 0.707. The number of hydrogen-bond donors (Lipinski definition) is 2. The van der Waals surface area contributed by atoms with Crippen molar-refractivity contribution in [3.63, 3.8) is 0 Å². The first-order chi connectivity index (χ1) is 12.2. The normalized spacial score (nSPS) is 16.5. The fourth-order valence-electron chi connectivity index (χ4n) is 2.90. The first-order valence-electron chi connectivity index (χ1n) is 8.00. The zero-order chi connectivity index (χ0) is 17.4. The Morgan fingerprint density at radius 3 is 2.80 bits per heavy atom. The average molecular weight is 335 g/mol. The van der Waals surface area contributed by atoms with E-state index in [9.17, 15) is 4.79 Å². The Bertz CT molecular complexity index is 922. The topological polar surface area (TPSA) is 102 Å². The van der Waals surface area contributed by atoms with E-state index in [1.165, 1.54) is 5.01 Å². The highest BCUT2D eigenvalue weighted by Crippen LogP contribution is 2.29. The number of nitrogens with one attached hydrogen (secondary N) is 1. The highest BCUT2D eigenvalue weighted by atomic mass is 16.2. The van der Waals surface area contributed by atoms with Crippen LogP contribution < -0.4 is 16.2 Å². The molecule has 0 saturated carbocycles. The van der Waals surface area contributed by atoms with Crippen molar-refractivity contribution >= 4 is 17.4 Å². The lowest BCUT2D eigenvalue weighted by Crippen LogP contribution is -2.52. The van der Waals surface area contributed by atoms with Gasteiger partial charge in [0, 0.05) is 18.0 Å². The van der Waals surface area contributed by atoms with Gasteiger partial charge in [-0.25, -0.2) is 15.8 Å². The molecule has 1 amide bonds. The Morgan fingerprint density at radius 2 is 2.04 bits per heavy atom. The van der Waals surface area contributed by atoms with E-state index in [0.29, 0.717) is 23.9 Å². The summed E-state index contributed by atoms with van der Waals surface area (Å²) in [5.74, 6) is 7.63. The Hall–Kier alpha value is -3.26. The van der Waals surface area contributed by atoms with Crippen LogP contribution in [-0.2, 0) is 4.79 Å². The molecule has 4 rings (SSSR count). The summed E-state index contributed by atoms with van der Waals surface area (Å²) in [6.45, 7) is 1.90. The van der Waals surface area contributed by atoms with Gasteiger partial charge in [-0.05, 0) is 6.42 Å². The van der Waals surface area contributed by atoms with Gasteiger partial charge in [-0.1, -0.05) is 37.3 Å². The summed E-state index contributed by atoms with van der Waals surface area (Å²) >= 11 is 0. The SMILES string of the molecule is CCC1C(=O)Nc2cnc(-n3ccnc3-c3ccccc3)nc2N1N. The summed E-state index contributed by atoms with van der Waals surface area (Å²) < 4.78 is 1.79. The molecule has 0 radical (unpaired) electrons. The van der Waals surface area contributed by atoms with Crippen molar-refractivity contribution in [2.45, 2.75) is 19.4 Å². The number of nitrogens with two attached hydrogens (primary N) is 1. The number of amides is 1. The third kappa shape index (κ3) is 2.52. The van der Waals surface area contributed by atoms with Crippen LogP contribution in [0, 0.1) is 0 Å². The second-order valence-corrected chi connectivity index (χ2v) is 5.71. The smallest absolute Gasteiger partial charge is 0.248 e. The summed E-state index contributed by atoms with van der Waals surface area (Å²) in [4.78, 5) is 25.4. The van der Waals surface area contributed by atoms with Crippen molar-refractivity contribution in [1.82, 2.24) is 19.5 Å². The number of anilines is 2. The van der Waals surface area contributed by atoms with Crippen molar-refractivity contribution in [2.24, 2.45) is 5.84 Å². The fraction of sp³-hybridized carbons (Fsp3) is 0.176. The van der Waals surface area contributed by atoms with Crippen LogP contribution in [0.5, 0.6) is 0 Å². The monoisotopic (exact) mass is 335 g/mol. The number of hydrogen-bond acceptors (Lipinski definition) is 6. The van der Waals surface area contributed by atoms with Gasteiger partial charge < -0.3 is 5.32 Å². The molecule has 1 aromatic carbocycles. The molecule has 8 heteroatoms. The predicted octanol–water partition coefficient (Wildman–Crippen LogP) is 1.74. The lowest BCUT2D eigenvalue weighted by atomic mass is 10.1. The lowest BCUT2D eigenvalue weighted by Gasteiger charge is -2.32. The third-order valence-electron chi connectivity index (χ3n) is 4.17. The molecule has 0 saturated heterocycles. The minimum atomic E-state index is -0.452. The van der Waals surface area contributed by atoms with Crippen LogP contribution in [0.3, 0.4) is 0 Å². The van der Waals surface area contributed by atoms with Gasteiger partial charge in [0.15, 0.2) is 5.82 Å². The second kappa shape index (κ2) is 5.99. The van der Waals surface area contributed by atoms with Crippen LogP contribution in [0.15, 0.2) is 48.9 Å². The zero-order valence-corrected chi connectivity index (χ0v) is 13.6. The summed E-state index contributed by atoms with van der Waals surface area (Å²) in [6.07, 6.45) is 5.64. The van der Waals surface area contributed by atoms with E-state index < -0.39 is 6.04 Å². The summed E-state index contributed by atoms with van der Waals surface area (Å²) in [6, 6.07) is 9.34. The molecule has 0 bridgehead atoms. The van der Waals surface area contributed by atoms with Crippen molar-refractivity contribution in [3.05, 3.63) is 48.9 Å². The number of hydrazine groups is 1. The van der Waals surface area contributed by atoms with Crippen LogP contribution in [0.1, 0.15) is 13.3 Å². The van der Waals surface area contributed by atoms with Crippen LogP contribution in [0.4, 0.5) is 11.5 Å². The number of imidazole rings is 1. The first kappa shape index (κ1) is 15.3. The van der Waals surface area contributed by atoms with Gasteiger partial charge >= 0.3 is 0 Å². The standard InChI is InChI=1S/C17H17N7O/c1-2-13-16(25)21-12-10-20-17(22-15(12)24(13)18)23-9-8-19-14(23)11-6-4-3-5-7-11/h3-10,13H,2,18H2,1H3,(H,21,25). The minimum Gasteiger partial charge on any atom is -0.320 e. The molecule has 0 fully saturated rings. The maximum atomic E-state index is 12.0. The molecule has 3 N–H and O–H groups in total. The molecule has 3 heterocycles. The minimum absolute atomic E-state index is 0.151. The molecular formula is C17H17N7O. The highest BCUT2D eigenvalue weighted by molar-refractivity contribution is 6.02. The van der Waals surface area contributed by atoms with Crippen LogP contribution in [-0.4, -0.2) is 31.5 Å². The van der Waals surface area contributed by atoms with E-state index in [1.807, 2.05) is 37.3 Å². The largest absolute Gasteiger partial charge is 0.320 e. The summed E-state index contributed by atoms with van der Waals surface area (Å²) in [5, 5.41) is 4.20. The molecular weight excluding hydrogens is 318 g/mol. The summed E-state index contributed by atoms with van der Waals surface area (Å²) in [7, 11) is 0. The van der Waals surface area contributed by atoms with E-state index in [4.69, 9.17) is 5.84 Å². The molecule has 0 aliphatic carbocycles. The zero-order valence-electron chi connectivity index (χ0n) is 13.6. The Morgan fingerprint density at radius 1 is 1.24 bits per heavy atom. The van der Waals surface area contributed by atoms with Crippen molar-refractivity contribution < 1.29 is 4.79 Å². The average Bonchev–Trinajstić information content (AvgIpc) is 3.12. The molecule has 1 atom stereocenters. The molecule has 0 spiro atoms. The number of nitrogens with zero attached hydrogens (tertiary/aromatic N) is 5. The number of carbonyl (C=O) groups is 1. The molecule has 3 aromatic rings. The van der Waals surface area contributed by atoms with E-state index in [1.54, 1.807) is 23.2 Å². The Labute approximate surface area is 144 Å². The Balaban J connectivity index is 1.79. The van der Waals surface area contributed by atoms with Crippen LogP contribution in [0.25, 0.3) is 17.3 Å². The Kier molecular flexibility index (Phi) is 3.66. The van der Waals surface area contributed by atoms with Gasteiger partial charge in [-0.3, -0.25) is 14.4 Å². The van der Waals surface area contributed by atoms with Crippen molar-refractivity contribution in [1.29, 1.82) is 0 Å². The van der Waals surface area contributed by atoms with Gasteiger partial charge in [0.2, 0.25) is 11.9 Å². The van der Waals surface area contributed by atoms with E-state index >= 15 is 0 Å². The van der Waals surface area contributed by atoms with Crippen molar-refractivity contribution in [2.75, 3.05) is 10.3 Å². The van der Waals surface area contributed by atoms with Gasteiger partial charge in [-0.2, -0.15) is 4.98 Å². The lowest BCUT2D eigenvalue weighted by molar-refractivity contribution is -0.117. The number of rotatable bonds is 3. The number of fused-ring (bicyclic) bond motifs is 1. The van der Waals surface area contributed by atoms with Crippen LogP contribution >= 0.6 is 0 Å². The van der Waals surface area contributed by atoms with E-state index in [-0.39, 0.29) is 5.91 Å². The van der Waals surface area contributed by atoms with Gasteiger partial charge in [0.1, 0.15) is 17.6 Å². The maximum absolute atomic E-state index is 12.0. The molecule has 25 heavy (non-hydrogen) atoms. The van der Waals surface area contributed by atoms with Crippen LogP contribution in [0.2, 0.25) is 0 Å². The molecule has 126 valence electrons. The number of benzene rings is 1. The molecule has 1 aliphatic rings. The first-order valence-corrected chi connectivity index (χ1v) is 8.00. The molecule has 2 aromatic heterocycles. The van der Waals surface area contributed by atoms with Gasteiger partial charge in [0.05, 0.1) is 6.20 Å². The number of aromatic nitrogens is 4. The third-order valence-corrected chi connectivity index (χ3v) is 4.17. The van der Waals surface area contributed by atoms with E-state index in [2.05, 4.69) is 20.3 Å². The van der Waals surface area contributed by atoms with Gasteiger partial charge in [0.25, 0.3) is 0 Å².